The van der Waals surface area contributed by atoms with Crippen LogP contribution >= 0.6 is 0 Å². The van der Waals surface area contributed by atoms with Gasteiger partial charge in [-0.05, 0) is 57.5 Å². The van der Waals surface area contributed by atoms with Gasteiger partial charge in [-0.15, -0.1) is 0 Å². The Morgan fingerprint density at radius 3 is 2.53 bits per heavy atom. The van der Waals surface area contributed by atoms with Crippen molar-refractivity contribution in [1.82, 2.24) is 10.1 Å². The number of ketones is 1. The van der Waals surface area contributed by atoms with E-state index in [9.17, 15) is 9.59 Å². The van der Waals surface area contributed by atoms with Crippen molar-refractivity contribution in [2.75, 3.05) is 13.7 Å². The van der Waals surface area contributed by atoms with E-state index in [4.69, 9.17) is 18.7 Å². The van der Waals surface area contributed by atoms with Crippen LogP contribution in [0.3, 0.4) is 0 Å². The molecule has 0 saturated heterocycles. The molecule has 0 unspecified atom stereocenters. The fraction of sp³-hybridized carbons (Fsp3) is 0.292. The second-order valence-corrected chi connectivity index (χ2v) is 7.36. The minimum Gasteiger partial charge on any atom is -0.493 e. The number of nitrogens with one attached hydrogen (secondary N) is 1. The van der Waals surface area contributed by atoms with E-state index in [0.29, 0.717) is 35.0 Å². The number of H-pyrrole nitrogens is 1. The highest BCUT2D eigenvalue weighted by Gasteiger charge is 2.14. The van der Waals surface area contributed by atoms with Crippen molar-refractivity contribution in [3.05, 3.63) is 69.9 Å². The maximum absolute atomic E-state index is 12.2. The predicted molar refractivity (Wildman–Crippen MR) is 118 cm³/mol. The van der Waals surface area contributed by atoms with E-state index in [0.717, 1.165) is 22.6 Å². The molecule has 2 aromatic heterocycles. The van der Waals surface area contributed by atoms with Gasteiger partial charge in [0.15, 0.2) is 18.1 Å². The lowest BCUT2D eigenvalue weighted by Crippen LogP contribution is -2.12. The third-order valence-corrected chi connectivity index (χ3v) is 4.95. The monoisotopic (exact) mass is 438 g/mol. The molecule has 8 nitrogen and oxygen atoms in total. The van der Waals surface area contributed by atoms with Crippen molar-refractivity contribution in [2.24, 2.45) is 0 Å². The van der Waals surface area contributed by atoms with Gasteiger partial charge >= 0.3 is 5.97 Å². The number of Topliss-reactive ketones (excluding diaryl/α,β-unsaturated/α-hetero) is 1. The Bertz CT molecular complexity index is 1140. The van der Waals surface area contributed by atoms with Crippen LogP contribution in [0.2, 0.25) is 0 Å². The van der Waals surface area contributed by atoms with Crippen LogP contribution in [0, 0.1) is 27.7 Å². The number of esters is 1. The first-order valence-corrected chi connectivity index (χ1v) is 10.0. The molecule has 32 heavy (non-hydrogen) atoms. The lowest BCUT2D eigenvalue weighted by molar-refractivity contribution is -0.136. The van der Waals surface area contributed by atoms with Crippen LogP contribution in [0.25, 0.3) is 6.08 Å². The molecule has 0 radical (unpaired) electrons. The summed E-state index contributed by atoms with van der Waals surface area (Å²) in [7, 11) is 1.54. The molecule has 0 bridgehead atoms. The maximum Gasteiger partial charge on any atom is 0.331 e. The normalized spacial score (nSPS) is 11.0. The molecule has 1 aromatic carbocycles. The summed E-state index contributed by atoms with van der Waals surface area (Å²) < 4.78 is 21.5. The van der Waals surface area contributed by atoms with E-state index < -0.39 is 5.97 Å². The highest BCUT2D eigenvalue weighted by atomic mass is 16.5. The van der Waals surface area contributed by atoms with Crippen molar-refractivity contribution < 1.29 is 28.3 Å². The quantitative estimate of drug-likeness (QED) is 0.302. The molecule has 0 aliphatic rings. The zero-order valence-corrected chi connectivity index (χ0v) is 18.8. The molecule has 0 fully saturated rings. The standard InChI is InChI=1S/C24H26N2O6/c1-14-10-19(15(2)25-14)21(27)13-31-24(28)9-7-18-6-8-22(23(11-18)29-5)30-12-20-16(3)26-32-17(20)4/h6-11,25H,12-13H2,1-5H3/b9-7+. The van der Waals surface area contributed by atoms with Gasteiger partial charge in [0, 0.05) is 23.0 Å². The van der Waals surface area contributed by atoms with Crippen molar-refractivity contribution in [2.45, 2.75) is 34.3 Å². The molecule has 0 amide bonds. The average molecular weight is 438 g/mol. The summed E-state index contributed by atoms with van der Waals surface area (Å²) >= 11 is 0. The number of carbonyl (C=O) groups is 2. The fourth-order valence-electron chi connectivity index (χ4n) is 3.21. The lowest BCUT2D eigenvalue weighted by Gasteiger charge is -2.11. The van der Waals surface area contributed by atoms with Crippen molar-refractivity contribution in [3.63, 3.8) is 0 Å². The summed E-state index contributed by atoms with van der Waals surface area (Å²) in [5.41, 5.74) is 4.54. The fourth-order valence-corrected chi connectivity index (χ4v) is 3.21. The molecule has 8 heteroatoms. The SMILES string of the molecule is COc1cc(/C=C/C(=O)OCC(=O)c2cc(C)[nH]c2C)ccc1OCc1c(C)noc1C. The zero-order chi connectivity index (χ0) is 23.3. The largest absolute Gasteiger partial charge is 0.493 e. The molecule has 3 aromatic rings. The number of hydrogen-bond acceptors (Lipinski definition) is 7. The van der Waals surface area contributed by atoms with Gasteiger partial charge in [-0.25, -0.2) is 4.79 Å². The van der Waals surface area contributed by atoms with E-state index in [1.165, 1.54) is 13.2 Å². The number of nitrogens with zero attached hydrogens (tertiary/aromatic N) is 1. The van der Waals surface area contributed by atoms with Gasteiger partial charge < -0.3 is 23.7 Å². The van der Waals surface area contributed by atoms with Crippen LogP contribution in [-0.4, -0.2) is 35.6 Å². The van der Waals surface area contributed by atoms with Crippen LogP contribution in [0.5, 0.6) is 11.5 Å². The van der Waals surface area contributed by atoms with Gasteiger partial charge in [0.1, 0.15) is 12.4 Å². The molecule has 3 rings (SSSR count). The highest BCUT2D eigenvalue weighted by Crippen LogP contribution is 2.30. The zero-order valence-electron chi connectivity index (χ0n) is 18.8. The van der Waals surface area contributed by atoms with Crippen LogP contribution in [0.1, 0.15) is 44.3 Å². The van der Waals surface area contributed by atoms with Crippen molar-refractivity contribution >= 4 is 17.8 Å². The van der Waals surface area contributed by atoms with Gasteiger partial charge in [-0.2, -0.15) is 0 Å². The van der Waals surface area contributed by atoms with E-state index in [1.807, 2.05) is 20.8 Å². The molecule has 168 valence electrons. The summed E-state index contributed by atoms with van der Waals surface area (Å²) in [5, 5.41) is 3.91. The van der Waals surface area contributed by atoms with E-state index in [1.54, 1.807) is 37.3 Å². The van der Waals surface area contributed by atoms with Crippen LogP contribution in [-0.2, 0) is 16.1 Å². The molecule has 0 aliphatic heterocycles. The molecule has 0 aliphatic carbocycles. The van der Waals surface area contributed by atoms with Gasteiger partial charge in [0.25, 0.3) is 0 Å². The van der Waals surface area contributed by atoms with Crippen molar-refractivity contribution in [1.29, 1.82) is 0 Å². The molecule has 2 heterocycles. The highest BCUT2D eigenvalue weighted by molar-refractivity contribution is 6.00. The second kappa shape index (κ2) is 10.00. The summed E-state index contributed by atoms with van der Waals surface area (Å²) in [6.45, 7) is 7.33. The number of methoxy groups -OCH3 is 1. The number of aromatic amines is 1. The lowest BCUT2D eigenvalue weighted by atomic mass is 10.1. The summed E-state index contributed by atoms with van der Waals surface area (Å²) in [6, 6.07) is 7.01. The average Bonchev–Trinajstić information content (AvgIpc) is 3.28. The molecule has 0 atom stereocenters. The number of aryl methyl sites for hydroxylation is 4. The molecule has 0 spiro atoms. The first-order chi connectivity index (χ1) is 15.3. The molecular formula is C24H26N2O6. The molecule has 1 N–H and O–H groups in total. The summed E-state index contributed by atoms with van der Waals surface area (Å²) in [6.07, 6.45) is 2.85. The minimum atomic E-state index is -0.610. The number of benzene rings is 1. The van der Waals surface area contributed by atoms with Gasteiger partial charge in [-0.3, -0.25) is 4.79 Å². The van der Waals surface area contributed by atoms with Crippen LogP contribution in [0.15, 0.2) is 34.9 Å². The predicted octanol–water partition coefficient (Wildman–Crippen LogP) is 4.26. The number of aromatic nitrogens is 2. The van der Waals surface area contributed by atoms with Gasteiger partial charge in [0.2, 0.25) is 5.78 Å². The number of carbonyl (C=O) groups excluding carboxylic acids is 2. The number of rotatable bonds is 9. The minimum absolute atomic E-state index is 0.255. The number of hydrogen-bond donors (Lipinski definition) is 1. The smallest absolute Gasteiger partial charge is 0.331 e. The van der Waals surface area contributed by atoms with Crippen LogP contribution < -0.4 is 9.47 Å². The Morgan fingerprint density at radius 1 is 1.12 bits per heavy atom. The first kappa shape index (κ1) is 22.9. The van der Waals surface area contributed by atoms with Crippen LogP contribution in [0.4, 0.5) is 0 Å². The Labute approximate surface area is 186 Å². The third kappa shape index (κ3) is 5.46. The van der Waals surface area contributed by atoms with Gasteiger partial charge in [0.05, 0.1) is 18.4 Å². The number of ether oxygens (including phenoxy) is 3. The second-order valence-electron chi connectivity index (χ2n) is 7.36. The molecular weight excluding hydrogens is 412 g/mol. The first-order valence-electron chi connectivity index (χ1n) is 10.0. The Balaban J connectivity index is 1.58. The summed E-state index contributed by atoms with van der Waals surface area (Å²) in [4.78, 5) is 27.3. The Kier molecular flexibility index (Phi) is 7.14. The van der Waals surface area contributed by atoms with Gasteiger partial charge in [-0.1, -0.05) is 11.2 Å². The molecule has 0 saturated carbocycles. The van der Waals surface area contributed by atoms with E-state index in [-0.39, 0.29) is 12.4 Å². The maximum atomic E-state index is 12.2. The van der Waals surface area contributed by atoms with Crippen molar-refractivity contribution in [3.8, 4) is 11.5 Å². The van der Waals surface area contributed by atoms with E-state index in [2.05, 4.69) is 10.1 Å². The Morgan fingerprint density at radius 2 is 1.91 bits per heavy atom. The third-order valence-electron chi connectivity index (χ3n) is 4.95. The topological polar surface area (TPSA) is 104 Å². The summed E-state index contributed by atoms with van der Waals surface area (Å²) in [5.74, 6) is 0.909. The Hall–Kier alpha value is -3.81. The van der Waals surface area contributed by atoms with E-state index >= 15 is 0 Å².